The molecule has 0 N–H and O–H groups in total. The summed E-state index contributed by atoms with van der Waals surface area (Å²) in [5.41, 5.74) is 6.76. The van der Waals surface area contributed by atoms with Gasteiger partial charge in [-0.3, -0.25) is 0 Å². The van der Waals surface area contributed by atoms with Crippen molar-refractivity contribution >= 4 is 8.80 Å². The zero-order valence-corrected chi connectivity index (χ0v) is 16.2. The summed E-state index contributed by atoms with van der Waals surface area (Å²) in [5.74, 6) is 0. The molecule has 0 fully saturated rings. The molecule has 2 aromatic rings. The van der Waals surface area contributed by atoms with E-state index < -0.39 is 8.80 Å². The minimum absolute atomic E-state index is 0. The minimum Gasteiger partial charge on any atom is -1.00 e. The Bertz CT molecular complexity index is 498. The van der Waals surface area contributed by atoms with Crippen LogP contribution in [0.3, 0.4) is 0 Å². The van der Waals surface area contributed by atoms with Crippen molar-refractivity contribution in [3.05, 3.63) is 59.7 Å². The summed E-state index contributed by atoms with van der Waals surface area (Å²) >= 11 is 0. The molecule has 0 radical (unpaired) electrons. The average Bonchev–Trinajstić information content (AvgIpc) is 2.63. The van der Waals surface area contributed by atoms with Crippen molar-refractivity contribution in [1.29, 1.82) is 0 Å². The molecule has 0 atom stereocenters. The molecule has 0 heterocycles. The van der Waals surface area contributed by atoms with Gasteiger partial charge in [-0.15, -0.1) is 0 Å². The van der Waals surface area contributed by atoms with Gasteiger partial charge in [0.05, 0.1) is 0 Å². The summed E-state index contributed by atoms with van der Waals surface area (Å²) in [6.07, 6.45) is 0. The van der Waals surface area contributed by atoms with E-state index in [1.165, 1.54) is 11.1 Å². The molecular formula is C15H16Cl2SiZr. The van der Waals surface area contributed by atoms with Crippen LogP contribution in [0.5, 0.6) is 0 Å². The molecule has 0 bridgehead atoms. The topological polar surface area (TPSA) is 0 Å². The molecule has 0 saturated carbocycles. The fraction of sp³-hybridized carbons (Fsp3) is 0.200. The van der Waals surface area contributed by atoms with Gasteiger partial charge in [0, 0.05) is 14.3 Å². The van der Waals surface area contributed by atoms with Crippen molar-refractivity contribution in [3.8, 4) is 11.1 Å². The third-order valence-electron chi connectivity index (χ3n) is 3.55. The zero-order chi connectivity index (χ0) is 11.1. The Morgan fingerprint density at radius 1 is 0.737 bits per heavy atom. The molecular weight excluding hydrogens is 370 g/mol. The average molecular weight is 387 g/mol. The van der Waals surface area contributed by atoms with Crippen LogP contribution in [0.25, 0.3) is 11.1 Å². The normalized spacial score (nSPS) is 11.7. The number of hydrogen-bond donors (Lipinski definition) is 0. The third kappa shape index (κ3) is 3.24. The Morgan fingerprint density at radius 2 is 1.11 bits per heavy atom. The van der Waals surface area contributed by atoms with E-state index in [2.05, 4.69) is 61.6 Å². The van der Waals surface area contributed by atoms with Gasteiger partial charge < -0.3 is 24.8 Å². The molecule has 0 unspecified atom stereocenters. The van der Waals surface area contributed by atoms with Gasteiger partial charge >= 0.3 is 26.2 Å². The van der Waals surface area contributed by atoms with E-state index in [0.29, 0.717) is 5.54 Å². The molecule has 3 rings (SSSR count). The summed E-state index contributed by atoms with van der Waals surface area (Å²) in [5, 5.41) is 0. The predicted octanol–water partition coefficient (Wildman–Crippen LogP) is -2.17. The number of rotatable bonds is 1. The predicted molar refractivity (Wildman–Crippen MR) is 72.6 cm³/mol. The van der Waals surface area contributed by atoms with Gasteiger partial charge in [-0.25, -0.2) is 0 Å². The Labute approximate surface area is 148 Å². The van der Waals surface area contributed by atoms with E-state index in [9.17, 15) is 0 Å². The Hall–Kier alpha value is 0.120. The molecule has 0 nitrogen and oxygen atoms in total. The molecule has 1 aliphatic rings. The number of hydrogen-bond acceptors (Lipinski definition) is 0. The Kier molecular flexibility index (Phi) is 7.83. The SMILES string of the molecule is C[SiH](C)C1c2ccccc2-c2ccccc21.[Cl-].[Cl-].[Zr+2]. The Morgan fingerprint density at radius 3 is 1.47 bits per heavy atom. The van der Waals surface area contributed by atoms with Gasteiger partial charge in [-0.1, -0.05) is 61.6 Å². The van der Waals surface area contributed by atoms with Crippen molar-refractivity contribution in [1.82, 2.24) is 0 Å². The van der Waals surface area contributed by atoms with Crippen molar-refractivity contribution in [2.24, 2.45) is 0 Å². The van der Waals surface area contributed by atoms with Crippen LogP contribution >= 0.6 is 0 Å². The van der Waals surface area contributed by atoms with Crippen LogP contribution in [0.4, 0.5) is 0 Å². The second-order valence-electron chi connectivity index (χ2n) is 4.90. The van der Waals surface area contributed by atoms with Gasteiger partial charge in [0.1, 0.15) is 0 Å². The first-order valence-electron chi connectivity index (χ1n) is 5.97. The molecule has 0 amide bonds. The van der Waals surface area contributed by atoms with E-state index in [4.69, 9.17) is 0 Å². The van der Waals surface area contributed by atoms with Crippen LogP contribution in [-0.4, -0.2) is 8.80 Å². The van der Waals surface area contributed by atoms with Crippen LogP contribution in [0.15, 0.2) is 48.5 Å². The van der Waals surface area contributed by atoms with Gasteiger partial charge in [0.25, 0.3) is 0 Å². The molecule has 98 valence electrons. The molecule has 4 heteroatoms. The van der Waals surface area contributed by atoms with E-state index in [0.717, 1.165) is 0 Å². The van der Waals surface area contributed by atoms with Crippen LogP contribution in [0, 0.1) is 0 Å². The van der Waals surface area contributed by atoms with Crippen LogP contribution < -0.4 is 24.8 Å². The minimum atomic E-state index is -0.697. The molecule has 0 saturated heterocycles. The fourth-order valence-electron chi connectivity index (χ4n) is 2.91. The summed E-state index contributed by atoms with van der Waals surface area (Å²) < 4.78 is 0. The van der Waals surface area contributed by atoms with Crippen molar-refractivity contribution in [2.75, 3.05) is 0 Å². The monoisotopic (exact) mass is 384 g/mol. The molecule has 0 aromatic heterocycles. The number of benzene rings is 2. The maximum Gasteiger partial charge on any atom is 2.00 e. The summed E-state index contributed by atoms with van der Waals surface area (Å²) in [7, 11) is -0.697. The maximum absolute atomic E-state index is 2.45. The summed E-state index contributed by atoms with van der Waals surface area (Å²) in [6, 6.07) is 17.8. The summed E-state index contributed by atoms with van der Waals surface area (Å²) in [4.78, 5) is 0. The Balaban J connectivity index is 0.00000108. The van der Waals surface area contributed by atoms with Crippen LogP contribution in [0.2, 0.25) is 13.1 Å². The maximum atomic E-state index is 2.45. The van der Waals surface area contributed by atoms with Gasteiger partial charge in [0.2, 0.25) is 0 Å². The molecule has 0 spiro atoms. The second-order valence-corrected chi connectivity index (χ2v) is 8.05. The molecule has 1 aliphatic carbocycles. The summed E-state index contributed by atoms with van der Waals surface area (Å²) in [6.45, 7) is 4.90. The van der Waals surface area contributed by atoms with Crippen molar-refractivity contribution in [3.63, 3.8) is 0 Å². The molecule has 0 aliphatic heterocycles. The van der Waals surface area contributed by atoms with Crippen molar-refractivity contribution < 1.29 is 51.0 Å². The zero-order valence-electron chi connectivity index (χ0n) is 11.0. The first-order chi connectivity index (χ1) is 7.79. The number of halogens is 2. The largest absolute Gasteiger partial charge is 2.00 e. The first kappa shape index (κ1) is 19.1. The van der Waals surface area contributed by atoms with Gasteiger partial charge in [-0.2, -0.15) is 0 Å². The molecule has 19 heavy (non-hydrogen) atoms. The van der Waals surface area contributed by atoms with E-state index in [1.54, 1.807) is 11.1 Å². The van der Waals surface area contributed by atoms with E-state index in [-0.39, 0.29) is 51.0 Å². The van der Waals surface area contributed by atoms with Gasteiger partial charge in [0.15, 0.2) is 0 Å². The molecule has 2 aromatic carbocycles. The quantitative estimate of drug-likeness (QED) is 0.490. The third-order valence-corrected chi connectivity index (χ3v) is 5.60. The van der Waals surface area contributed by atoms with Crippen LogP contribution in [0.1, 0.15) is 16.7 Å². The van der Waals surface area contributed by atoms with E-state index >= 15 is 0 Å². The number of fused-ring (bicyclic) bond motifs is 3. The van der Waals surface area contributed by atoms with Gasteiger partial charge in [-0.05, 0) is 22.3 Å². The van der Waals surface area contributed by atoms with Crippen molar-refractivity contribution in [2.45, 2.75) is 18.6 Å². The smallest absolute Gasteiger partial charge is 1.00 e. The fourth-order valence-corrected chi connectivity index (χ4v) is 4.93. The van der Waals surface area contributed by atoms with Crippen LogP contribution in [-0.2, 0) is 26.2 Å². The second kappa shape index (κ2) is 7.78. The van der Waals surface area contributed by atoms with E-state index in [1.807, 2.05) is 0 Å². The standard InChI is InChI=1S/C15H16Si.2ClH.Zr/c1-16(2)15-13-9-5-3-7-11(13)12-8-4-6-10-14(12)15;;;/h3-10,15-16H,1-2H3;2*1H;/q;;;+2/p-2. The first-order valence-corrected chi connectivity index (χ1v) is 8.95.